The fourth-order valence-corrected chi connectivity index (χ4v) is 2.63. The Morgan fingerprint density at radius 2 is 2.21 bits per heavy atom. The van der Waals surface area contributed by atoms with Gasteiger partial charge in [-0.2, -0.15) is 0 Å². The van der Waals surface area contributed by atoms with Gasteiger partial charge in [-0.15, -0.1) is 10.2 Å². The van der Waals surface area contributed by atoms with E-state index in [1.807, 2.05) is 22.8 Å². The smallest absolute Gasteiger partial charge is 0.165 e. The molecular formula is C12H14BrClN4O. The lowest BCUT2D eigenvalue weighted by Crippen LogP contribution is -2.12. The molecule has 1 aromatic heterocycles. The van der Waals surface area contributed by atoms with Crippen LogP contribution in [0.25, 0.3) is 11.4 Å². The molecule has 0 spiro atoms. The number of aromatic nitrogens is 3. The average Bonchev–Trinajstić information content (AvgIpc) is 2.79. The van der Waals surface area contributed by atoms with Crippen molar-refractivity contribution >= 4 is 27.5 Å². The zero-order valence-corrected chi connectivity index (χ0v) is 12.8. The lowest BCUT2D eigenvalue weighted by atomic mass is 10.2. The van der Waals surface area contributed by atoms with Gasteiger partial charge in [-0.25, -0.2) is 0 Å². The first-order valence-electron chi connectivity index (χ1n) is 5.74. The summed E-state index contributed by atoms with van der Waals surface area (Å²) in [7, 11) is 1.66. The van der Waals surface area contributed by atoms with E-state index in [0.717, 1.165) is 21.7 Å². The molecule has 0 aliphatic heterocycles. The molecule has 0 atom stereocenters. The molecule has 5 nitrogen and oxygen atoms in total. The number of rotatable bonds is 5. The van der Waals surface area contributed by atoms with Crippen molar-refractivity contribution in [2.45, 2.75) is 13.1 Å². The van der Waals surface area contributed by atoms with Gasteiger partial charge in [0, 0.05) is 28.7 Å². The second-order valence-electron chi connectivity index (χ2n) is 3.91. The topological polar surface area (TPSA) is 66.0 Å². The van der Waals surface area contributed by atoms with Crippen LogP contribution in [0.4, 0.5) is 0 Å². The lowest BCUT2D eigenvalue weighted by Gasteiger charge is -2.10. The molecule has 0 aliphatic carbocycles. The van der Waals surface area contributed by atoms with Gasteiger partial charge in [0.2, 0.25) is 0 Å². The first-order valence-corrected chi connectivity index (χ1v) is 6.91. The monoisotopic (exact) mass is 344 g/mol. The molecule has 2 rings (SSSR count). The normalized spacial score (nSPS) is 10.9. The molecule has 2 aromatic rings. The molecular weight excluding hydrogens is 332 g/mol. The van der Waals surface area contributed by atoms with Crippen LogP contribution in [0.5, 0.6) is 0 Å². The number of methoxy groups -OCH3 is 1. The third-order valence-corrected chi connectivity index (χ3v) is 3.59. The van der Waals surface area contributed by atoms with Crippen molar-refractivity contribution in [3.05, 3.63) is 33.5 Å². The second kappa shape index (κ2) is 6.47. The third kappa shape index (κ3) is 3.14. The summed E-state index contributed by atoms with van der Waals surface area (Å²) in [6, 6.07) is 5.55. The van der Waals surface area contributed by atoms with E-state index in [9.17, 15) is 0 Å². The Balaban J connectivity index is 2.46. The molecule has 0 amide bonds. The van der Waals surface area contributed by atoms with Crippen molar-refractivity contribution in [3.8, 4) is 11.4 Å². The van der Waals surface area contributed by atoms with Gasteiger partial charge in [0.25, 0.3) is 0 Å². The molecule has 2 N–H and O–H groups in total. The van der Waals surface area contributed by atoms with Crippen molar-refractivity contribution in [3.63, 3.8) is 0 Å². The Bertz CT molecular complexity index is 573. The molecule has 0 unspecified atom stereocenters. The van der Waals surface area contributed by atoms with Crippen molar-refractivity contribution in [1.29, 1.82) is 0 Å². The molecule has 0 radical (unpaired) electrons. The van der Waals surface area contributed by atoms with Crippen LogP contribution in [0.3, 0.4) is 0 Å². The van der Waals surface area contributed by atoms with Crippen LogP contribution >= 0.6 is 27.5 Å². The number of hydrogen-bond acceptors (Lipinski definition) is 4. The van der Waals surface area contributed by atoms with Gasteiger partial charge in [0.15, 0.2) is 5.82 Å². The van der Waals surface area contributed by atoms with Crippen molar-refractivity contribution in [2.24, 2.45) is 5.73 Å². The van der Waals surface area contributed by atoms with E-state index < -0.39 is 0 Å². The number of halogens is 2. The minimum atomic E-state index is 0.335. The Morgan fingerprint density at radius 1 is 1.42 bits per heavy atom. The minimum absolute atomic E-state index is 0.335. The minimum Gasteiger partial charge on any atom is -0.383 e. The van der Waals surface area contributed by atoms with Gasteiger partial charge in [-0.05, 0) is 34.1 Å². The Labute approximate surface area is 124 Å². The van der Waals surface area contributed by atoms with Gasteiger partial charge in [-0.1, -0.05) is 11.6 Å². The fraction of sp³-hybridized carbons (Fsp3) is 0.333. The molecule has 0 fully saturated rings. The zero-order valence-electron chi connectivity index (χ0n) is 10.4. The Kier molecular flexibility index (Phi) is 4.93. The molecule has 0 saturated carbocycles. The predicted molar refractivity (Wildman–Crippen MR) is 77.9 cm³/mol. The van der Waals surface area contributed by atoms with Gasteiger partial charge in [-0.3, -0.25) is 0 Å². The largest absolute Gasteiger partial charge is 0.383 e. The molecule has 0 saturated heterocycles. The van der Waals surface area contributed by atoms with Gasteiger partial charge in [0.05, 0.1) is 13.2 Å². The second-order valence-corrected chi connectivity index (χ2v) is 5.20. The zero-order chi connectivity index (χ0) is 13.8. The van der Waals surface area contributed by atoms with Crippen LogP contribution in [-0.2, 0) is 17.8 Å². The Morgan fingerprint density at radius 3 is 2.84 bits per heavy atom. The lowest BCUT2D eigenvalue weighted by molar-refractivity contribution is 0.186. The van der Waals surface area contributed by atoms with Crippen molar-refractivity contribution in [1.82, 2.24) is 14.8 Å². The highest BCUT2D eigenvalue weighted by Crippen LogP contribution is 2.29. The number of nitrogens with two attached hydrogens (primary N) is 1. The van der Waals surface area contributed by atoms with Gasteiger partial charge in [0.1, 0.15) is 5.82 Å². The highest BCUT2D eigenvalue weighted by atomic mass is 79.9. The predicted octanol–water partition coefficient (Wildman–Crippen LogP) is 2.47. The van der Waals surface area contributed by atoms with E-state index >= 15 is 0 Å². The van der Waals surface area contributed by atoms with Crippen LogP contribution in [0, 0.1) is 0 Å². The van der Waals surface area contributed by atoms with Gasteiger partial charge >= 0.3 is 0 Å². The van der Waals surface area contributed by atoms with Crippen molar-refractivity contribution < 1.29 is 4.74 Å². The maximum absolute atomic E-state index is 5.95. The quantitative estimate of drug-likeness (QED) is 0.904. The van der Waals surface area contributed by atoms with Gasteiger partial charge < -0.3 is 15.0 Å². The summed E-state index contributed by atoms with van der Waals surface area (Å²) in [6.45, 7) is 1.56. The molecule has 1 heterocycles. The van der Waals surface area contributed by atoms with E-state index in [1.54, 1.807) is 7.11 Å². The highest BCUT2D eigenvalue weighted by Gasteiger charge is 2.15. The number of ether oxygens (including phenoxy) is 1. The first kappa shape index (κ1) is 14.5. The summed E-state index contributed by atoms with van der Waals surface area (Å²) < 4.78 is 7.93. The summed E-state index contributed by atoms with van der Waals surface area (Å²) in [6.07, 6.45) is 0. The SMILES string of the molecule is COCCn1c(CN)nnc1-c1ccc(Cl)cc1Br. The molecule has 0 aliphatic rings. The standard InChI is InChI=1S/C12H14BrClN4O/c1-19-5-4-18-11(7-15)16-17-12(18)9-3-2-8(14)6-10(9)13/h2-3,6H,4-5,7,15H2,1H3. The third-order valence-electron chi connectivity index (χ3n) is 2.70. The summed E-state index contributed by atoms with van der Waals surface area (Å²) >= 11 is 9.44. The molecule has 1 aromatic carbocycles. The maximum Gasteiger partial charge on any atom is 0.165 e. The first-order chi connectivity index (χ1) is 9.17. The summed E-state index contributed by atoms with van der Waals surface area (Å²) in [5.41, 5.74) is 6.60. The molecule has 102 valence electrons. The highest BCUT2D eigenvalue weighted by molar-refractivity contribution is 9.10. The van der Waals surface area contributed by atoms with E-state index in [2.05, 4.69) is 26.1 Å². The van der Waals surface area contributed by atoms with Crippen LogP contribution in [0.1, 0.15) is 5.82 Å². The fourth-order valence-electron chi connectivity index (χ4n) is 1.77. The van der Waals surface area contributed by atoms with E-state index in [4.69, 9.17) is 22.1 Å². The average molecular weight is 346 g/mol. The molecule has 0 bridgehead atoms. The van der Waals surface area contributed by atoms with Crippen LogP contribution < -0.4 is 5.73 Å². The maximum atomic E-state index is 5.95. The van der Waals surface area contributed by atoms with Crippen LogP contribution in [0.15, 0.2) is 22.7 Å². The van der Waals surface area contributed by atoms with E-state index in [0.29, 0.717) is 24.7 Å². The summed E-state index contributed by atoms with van der Waals surface area (Å²) in [5.74, 6) is 1.48. The molecule has 19 heavy (non-hydrogen) atoms. The summed E-state index contributed by atoms with van der Waals surface area (Å²) in [4.78, 5) is 0. The van der Waals surface area contributed by atoms with Crippen molar-refractivity contribution in [2.75, 3.05) is 13.7 Å². The Hall–Kier alpha value is -0.950. The van der Waals surface area contributed by atoms with Crippen LogP contribution in [0.2, 0.25) is 5.02 Å². The van der Waals surface area contributed by atoms with Crippen LogP contribution in [-0.4, -0.2) is 28.5 Å². The van der Waals surface area contributed by atoms with E-state index in [1.165, 1.54) is 0 Å². The molecule has 7 heteroatoms. The number of nitrogens with zero attached hydrogens (tertiary/aromatic N) is 3. The summed E-state index contributed by atoms with van der Waals surface area (Å²) in [5, 5.41) is 8.98. The van der Waals surface area contributed by atoms with E-state index in [-0.39, 0.29) is 0 Å². The number of hydrogen-bond donors (Lipinski definition) is 1. The number of benzene rings is 1.